The van der Waals surface area contributed by atoms with Crippen LogP contribution >= 0.6 is 0 Å². The number of hydrogen-bond acceptors (Lipinski definition) is 3. The van der Waals surface area contributed by atoms with Crippen LogP contribution in [0.1, 0.15) is 33.0 Å². The summed E-state index contributed by atoms with van der Waals surface area (Å²) in [5, 5.41) is 6.68. The van der Waals surface area contributed by atoms with E-state index in [1.807, 2.05) is 0 Å². The summed E-state index contributed by atoms with van der Waals surface area (Å²) in [5.74, 6) is -0.846. The van der Waals surface area contributed by atoms with Crippen molar-refractivity contribution in [2.24, 2.45) is 0 Å². The SMILES string of the molecule is CNC(=O)c1cc2n(n1)CCCN(Cc1cccc(F)c1)C2=O. The molecule has 7 heteroatoms. The molecule has 1 aliphatic heterocycles. The fraction of sp³-hybridized carbons (Fsp3) is 0.312. The number of nitrogens with one attached hydrogen (secondary N) is 1. The van der Waals surface area contributed by atoms with Gasteiger partial charge in [0.2, 0.25) is 0 Å². The first kappa shape index (κ1) is 15.2. The van der Waals surface area contributed by atoms with Crippen LogP contribution in [0.3, 0.4) is 0 Å². The van der Waals surface area contributed by atoms with E-state index in [1.165, 1.54) is 25.2 Å². The third-order valence-electron chi connectivity index (χ3n) is 3.81. The van der Waals surface area contributed by atoms with E-state index in [0.717, 1.165) is 12.0 Å². The zero-order valence-electron chi connectivity index (χ0n) is 12.8. The molecule has 2 amide bonds. The quantitative estimate of drug-likeness (QED) is 0.931. The second-order valence-corrected chi connectivity index (χ2v) is 5.43. The van der Waals surface area contributed by atoms with E-state index in [-0.39, 0.29) is 23.3 Å². The van der Waals surface area contributed by atoms with Gasteiger partial charge >= 0.3 is 0 Å². The van der Waals surface area contributed by atoms with Gasteiger partial charge in [0, 0.05) is 32.7 Å². The Hall–Kier alpha value is -2.70. The molecule has 1 aromatic heterocycles. The summed E-state index contributed by atoms with van der Waals surface area (Å²) in [6, 6.07) is 7.71. The number of amides is 2. The summed E-state index contributed by atoms with van der Waals surface area (Å²) in [7, 11) is 1.52. The summed E-state index contributed by atoms with van der Waals surface area (Å²) in [5.41, 5.74) is 1.35. The highest BCUT2D eigenvalue weighted by atomic mass is 19.1. The molecule has 1 aliphatic rings. The van der Waals surface area contributed by atoms with Gasteiger partial charge in [-0.2, -0.15) is 5.10 Å². The number of aryl methyl sites for hydroxylation is 1. The normalized spacial score (nSPS) is 14.3. The highest BCUT2D eigenvalue weighted by molar-refractivity contribution is 5.97. The Morgan fingerprint density at radius 1 is 1.35 bits per heavy atom. The van der Waals surface area contributed by atoms with Crippen LogP contribution in [0.5, 0.6) is 0 Å². The van der Waals surface area contributed by atoms with Crippen LogP contribution in [0.15, 0.2) is 30.3 Å². The third-order valence-corrected chi connectivity index (χ3v) is 3.81. The lowest BCUT2D eigenvalue weighted by atomic mass is 10.2. The Morgan fingerprint density at radius 2 is 2.17 bits per heavy atom. The lowest BCUT2D eigenvalue weighted by Gasteiger charge is -2.20. The number of nitrogens with zero attached hydrogens (tertiary/aromatic N) is 3. The summed E-state index contributed by atoms with van der Waals surface area (Å²) in [6.45, 7) is 1.46. The molecular weight excluding hydrogens is 299 g/mol. The number of aromatic nitrogens is 2. The van der Waals surface area contributed by atoms with Crippen molar-refractivity contribution in [2.45, 2.75) is 19.5 Å². The van der Waals surface area contributed by atoms with Gasteiger partial charge in [0.15, 0.2) is 5.69 Å². The topological polar surface area (TPSA) is 67.2 Å². The first-order chi connectivity index (χ1) is 11.1. The van der Waals surface area contributed by atoms with Gasteiger partial charge in [-0.15, -0.1) is 0 Å². The Balaban J connectivity index is 1.86. The first-order valence-corrected chi connectivity index (χ1v) is 7.42. The predicted molar refractivity (Wildman–Crippen MR) is 81.4 cm³/mol. The van der Waals surface area contributed by atoms with Crippen LogP contribution in [0.2, 0.25) is 0 Å². The smallest absolute Gasteiger partial charge is 0.272 e. The molecule has 120 valence electrons. The molecule has 23 heavy (non-hydrogen) atoms. The average Bonchev–Trinajstić information content (AvgIpc) is 2.91. The molecule has 0 unspecified atom stereocenters. The molecule has 1 N–H and O–H groups in total. The second-order valence-electron chi connectivity index (χ2n) is 5.43. The molecule has 0 fully saturated rings. The maximum absolute atomic E-state index is 13.3. The van der Waals surface area contributed by atoms with Gasteiger partial charge in [-0.1, -0.05) is 12.1 Å². The Labute approximate surface area is 132 Å². The number of hydrogen-bond donors (Lipinski definition) is 1. The molecule has 6 nitrogen and oxygen atoms in total. The van der Waals surface area contributed by atoms with Crippen LogP contribution in [0, 0.1) is 5.82 Å². The van der Waals surface area contributed by atoms with Gasteiger partial charge in [-0.05, 0) is 24.1 Å². The Kier molecular flexibility index (Phi) is 4.10. The molecule has 0 saturated carbocycles. The van der Waals surface area contributed by atoms with Crippen molar-refractivity contribution in [3.8, 4) is 0 Å². The molecule has 3 rings (SSSR count). The van der Waals surface area contributed by atoms with E-state index >= 15 is 0 Å². The number of carbonyl (C=O) groups is 2. The largest absolute Gasteiger partial charge is 0.354 e. The maximum atomic E-state index is 13.3. The van der Waals surface area contributed by atoms with E-state index in [2.05, 4.69) is 10.4 Å². The molecule has 0 aliphatic carbocycles. The number of halogens is 1. The van der Waals surface area contributed by atoms with Gasteiger partial charge in [-0.25, -0.2) is 4.39 Å². The van der Waals surface area contributed by atoms with Gasteiger partial charge in [0.05, 0.1) is 0 Å². The lowest BCUT2D eigenvalue weighted by Crippen LogP contribution is -2.30. The fourth-order valence-electron chi connectivity index (χ4n) is 2.68. The van der Waals surface area contributed by atoms with E-state index < -0.39 is 0 Å². The van der Waals surface area contributed by atoms with Gasteiger partial charge < -0.3 is 10.2 Å². The zero-order valence-corrected chi connectivity index (χ0v) is 12.8. The van der Waals surface area contributed by atoms with Crippen LogP contribution in [0.4, 0.5) is 4.39 Å². The van der Waals surface area contributed by atoms with E-state index in [4.69, 9.17) is 0 Å². The van der Waals surface area contributed by atoms with E-state index in [0.29, 0.717) is 25.3 Å². The van der Waals surface area contributed by atoms with Gasteiger partial charge in [0.1, 0.15) is 11.5 Å². The lowest BCUT2D eigenvalue weighted by molar-refractivity contribution is 0.0745. The van der Waals surface area contributed by atoms with Crippen molar-refractivity contribution in [1.82, 2.24) is 20.0 Å². The summed E-state index contributed by atoms with van der Waals surface area (Å²) in [6.07, 6.45) is 0.725. The van der Waals surface area contributed by atoms with Crippen LogP contribution in [-0.2, 0) is 13.1 Å². The Bertz CT molecular complexity index is 756. The monoisotopic (exact) mass is 316 g/mol. The molecule has 0 radical (unpaired) electrons. The number of fused-ring (bicyclic) bond motifs is 1. The van der Waals surface area contributed by atoms with E-state index in [9.17, 15) is 14.0 Å². The third kappa shape index (κ3) is 3.08. The molecule has 2 aromatic rings. The highest BCUT2D eigenvalue weighted by Gasteiger charge is 2.26. The van der Waals surface area contributed by atoms with Crippen molar-refractivity contribution < 1.29 is 14.0 Å². The molecule has 0 saturated heterocycles. The number of benzene rings is 1. The minimum Gasteiger partial charge on any atom is -0.354 e. The standard InChI is InChI=1S/C16H17FN4O2/c1-18-15(22)13-9-14-16(23)20(6-3-7-21(14)19-13)10-11-4-2-5-12(17)8-11/h2,4-5,8-9H,3,6-7,10H2,1H3,(H,18,22). The van der Waals surface area contributed by atoms with Crippen molar-refractivity contribution in [3.05, 3.63) is 53.1 Å². The summed E-state index contributed by atoms with van der Waals surface area (Å²) in [4.78, 5) is 26.0. The van der Waals surface area contributed by atoms with Crippen molar-refractivity contribution in [2.75, 3.05) is 13.6 Å². The zero-order chi connectivity index (χ0) is 16.4. The molecule has 0 spiro atoms. The maximum Gasteiger partial charge on any atom is 0.272 e. The molecule has 2 heterocycles. The molecule has 0 bridgehead atoms. The van der Waals surface area contributed by atoms with Crippen molar-refractivity contribution >= 4 is 11.8 Å². The molecule has 0 atom stereocenters. The Morgan fingerprint density at radius 3 is 2.91 bits per heavy atom. The van der Waals surface area contributed by atoms with Crippen molar-refractivity contribution in [3.63, 3.8) is 0 Å². The average molecular weight is 316 g/mol. The van der Waals surface area contributed by atoms with Crippen LogP contribution in [-0.4, -0.2) is 40.1 Å². The molecular formula is C16H17FN4O2. The minimum atomic E-state index is -0.324. The minimum absolute atomic E-state index is 0.200. The predicted octanol–water partition coefficient (Wildman–Crippen LogP) is 1.43. The van der Waals surface area contributed by atoms with Crippen molar-refractivity contribution in [1.29, 1.82) is 0 Å². The van der Waals surface area contributed by atoms with Gasteiger partial charge in [-0.3, -0.25) is 14.3 Å². The summed E-state index contributed by atoms with van der Waals surface area (Å²) >= 11 is 0. The summed E-state index contributed by atoms with van der Waals surface area (Å²) < 4.78 is 14.9. The second kappa shape index (κ2) is 6.20. The number of carbonyl (C=O) groups excluding carboxylic acids is 2. The first-order valence-electron chi connectivity index (χ1n) is 7.42. The van der Waals surface area contributed by atoms with Gasteiger partial charge in [0.25, 0.3) is 11.8 Å². The number of rotatable bonds is 3. The fourth-order valence-corrected chi connectivity index (χ4v) is 2.68. The van der Waals surface area contributed by atoms with Crippen LogP contribution < -0.4 is 5.32 Å². The van der Waals surface area contributed by atoms with E-state index in [1.54, 1.807) is 21.7 Å². The highest BCUT2D eigenvalue weighted by Crippen LogP contribution is 2.17. The molecule has 1 aromatic carbocycles. The van der Waals surface area contributed by atoms with Crippen LogP contribution in [0.25, 0.3) is 0 Å².